The number of nitrogens with one attached hydrogen (secondary N) is 1. The summed E-state index contributed by atoms with van der Waals surface area (Å²) >= 11 is 0. The van der Waals surface area contributed by atoms with Crippen molar-refractivity contribution in [2.45, 2.75) is 206 Å². The first kappa shape index (κ1) is 49.7. The molecule has 300 valence electrons. The second kappa shape index (κ2) is 38.4. The number of aliphatic hydroxyl groups excluding tert-OH is 1. The first-order valence-electron chi connectivity index (χ1n) is 21.1. The van der Waals surface area contributed by atoms with Gasteiger partial charge in [-0.15, -0.1) is 0 Å². The summed E-state index contributed by atoms with van der Waals surface area (Å²) in [6.45, 7) is 4.10. The minimum atomic E-state index is -4.35. The lowest BCUT2D eigenvalue weighted by molar-refractivity contribution is -0.123. The highest BCUT2D eigenvalue weighted by Crippen LogP contribution is 2.43. The van der Waals surface area contributed by atoms with Crippen LogP contribution in [0.2, 0.25) is 0 Å². The molecule has 9 heteroatoms. The number of carbonyl (C=O) groups excluding carboxylic acids is 1. The quantitative estimate of drug-likeness (QED) is 0.0280. The molecule has 0 spiro atoms. The van der Waals surface area contributed by atoms with E-state index in [1.807, 2.05) is 6.08 Å². The maximum atomic E-state index is 12.7. The Kier molecular flexibility index (Phi) is 37.5. The van der Waals surface area contributed by atoms with E-state index in [1.165, 1.54) is 128 Å². The van der Waals surface area contributed by atoms with Crippen LogP contribution in [0, 0.1) is 0 Å². The van der Waals surface area contributed by atoms with Crippen LogP contribution in [0.4, 0.5) is 0 Å². The number of hydrogen-bond acceptors (Lipinski definition) is 6. The number of allylic oxidation sites excluding steroid dienone is 5. The Morgan fingerprint density at radius 3 is 1.51 bits per heavy atom. The molecule has 1 amide bonds. The predicted octanol–water partition coefficient (Wildman–Crippen LogP) is 11.6. The molecular formula is C42H81N2O6P. The number of unbranched alkanes of at least 4 members (excludes halogenated alkanes) is 23. The van der Waals surface area contributed by atoms with E-state index in [2.05, 4.69) is 43.5 Å². The monoisotopic (exact) mass is 741 g/mol. The minimum absolute atomic E-state index is 0.0726. The predicted molar refractivity (Wildman–Crippen MR) is 217 cm³/mol. The maximum Gasteiger partial charge on any atom is 0.472 e. The van der Waals surface area contributed by atoms with Crippen molar-refractivity contribution in [3.63, 3.8) is 0 Å². The summed E-state index contributed by atoms with van der Waals surface area (Å²) in [7, 11) is -4.35. The molecule has 0 aromatic carbocycles. The van der Waals surface area contributed by atoms with Gasteiger partial charge in [-0.2, -0.15) is 0 Å². The van der Waals surface area contributed by atoms with Gasteiger partial charge in [0.05, 0.1) is 25.4 Å². The second-order valence-electron chi connectivity index (χ2n) is 14.2. The zero-order valence-corrected chi connectivity index (χ0v) is 34.0. The zero-order valence-electron chi connectivity index (χ0n) is 33.1. The molecule has 0 aromatic heterocycles. The lowest BCUT2D eigenvalue weighted by atomic mass is 10.0. The van der Waals surface area contributed by atoms with Crippen molar-refractivity contribution in [2.75, 3.05) is 19.8 Å². The summed E-state index contributed by atoms with van der Waals surface area (Å²) in [5.41, 5.74) is 5.36. The average molecular weight is 741 g/mol. The van der Waals surface area contributed by atoms with Gasteiger partial charge < -0.3 is 21.1 Å². The van der Waals surface area contributed by atoms with Gasteiger partial charge in [0.2, 0.25) is 5.91 Å². The van der Waals surface area contributed by atoms with Gasteiger partial charge >= 0.3 is 7.82 Å². The zero-order chi connectivity index (χ0) is 37.5. The van der Waals surface area contributed by atoms with Crippen LogP contribution in [0.15, 0.2) is 36.5 Å². The van der Waals surface area contributed by atoms with Gasteiger partial charge in [-0.3, -0.25) is 13.8 Å². The van der Waals surface area contributed by atoms with Gasteiger partial charge in [0, 0.05) is 13.0 Å². The number of nitrogens with two attached hydrogens (primary N) is 1. The van der Waals surface area contributed by atoms with Crippen molar-refractivity contribution in [3.8, 4) is 0 Å². The van der Waals surface area contributed by atoms with Crippen LogP contribution in [-0.4, -0.2) is 47.8 Å². The molecule has 0 rings (SSSR count). The molecule has 0 heterocycles. The molecule has 3 atom stereocenters. The van der Waals surface area contributed by atoms with Crippen LogP contribution in [0.1, 0.15) is 194 Å². The van der Waals surface area contributed by atoms with Crippen molar-refractivity contribution in [3.05, 3.63) is 36.5 Å². The van der Waals surface area contributed by atoms with Crippen molar-refractivity contribution < 1.29 is 28.4 Å². The van der Waals surface area contributed by atoms with Crippen LogP contribution >= 0.6 is 7.82 Å². The van der Waals surface area contributed by atoms with E-state index >= 15 is 0 Å². The first-order chi connectivity index (χ1) is 24.9. The minimum Gasteiger partial charge on any atom is -0.387 e. The standard InChI is InChI=1S/C42H81N2O6P/c1-3-5-7-9-11-13-15-17-19-20-21-22-23-25-27-29-31-33-35-41(45)40(39-50-51(47,48)49-38-37-43)44-42(46)36-34-32-30-28-26-24-18-16-14-12-10-8-6-4-2/h20-21,25,27,33,35,40-41,45H,3-19,22-24,26,28-32,34,36-39,43H2,1-2H3,(H,44,46)(H,47,48)/b21-20+,27-25+,35-33+. The number of rotatable bonds is 39. The van der Waals surface area contributed by atoms with Crippen LogP contribution in [0.5, 0.6) is 0 Å². The van der Waals surface area contributed by atoms with E-state index in [-0.39, 0.29) is 25.7 Å². The number of phosphoric acid groups is 1. The normalized spacial score (nSPS) is 14.5. The second-order valence-corrected chi connectivity index (χ2v) is 15.6. The third kappa shape index (κ3) is 36.9. The Morgan fingerprint density at radius 2 is 1.04 bits per heavy atom. The third-order valence-electron chi connectivity index (χ3n) is 9.20. The molecule has 3 unspecified atom stereocenters. The molecule has 0 saturated heterocycles. The van der Waals surface area contributed by atoms with Crippen LogP contribution in [0.25, 0.3) is 0 Å². The van der Waals surface area contributed by atoms with E-state index in [4.69, 9.17) is 14.8 Å². The van der Waals surface area contributed by atoms with Gasteiger partial charge in [-0.25, -0.2) is 4.57 Å². The van der Waals surface area contributed by atoms with Gasteiger partial charge in [0.1, 0.15) is 0 Å². The van der Waals surface area contributed by atoms with E-state index in [9.17, 15) is 19.4 Å². The largest absolute Gasteiger partial charge is 0.472 e. The van der Waals surface area contributed by atoms with Crippen molar-refractivity contribution in [1.29, 1.82) is 0 Å². The topological polar surface area (TPSA) is 131 Å². The fourth-order valence-electron chi connectivity index (χ4n) is 5.99. The molecule has 0 radical (unpaired) electrons. The van der Waals surface area contributed by atoms with Crippen LogP contribution in [0.3, 0.4) is 0 Å². The highest BCUT2D eigenvalue weighted by Gasteiger charge is 2.26. The molecule has 0 aromatic rings. The molecule has 0 aliphatic heterocycles. The van der Waals surface area contributed by atoms with E-state index in [0.29, 0.717) is 6.42 Å². The Labute approximate surface area is 314 Å². The van der Waals surface area contributed by atoms with Gasteiger partial charge in [-0.1, -0.05) is 179 Å². The average Bonchev–Trinajstić information content (AvgIpc) is 3.12. The SMILES string of the molecule is CCCCCCCCCC/C=C/CC/C=C/CC/C=C/C(O)C(COP(=O)(O)OCCN)NC(=O)CCCCCCCCCCCCCCCC. The molecule has 0 fully saturated rings. The Balaban J connectivity index is 4.32. The van der Waals surface area contributed by atoms with E-state index < -0.39 is 20.0 Å². The van der Waals surface area contributed by atoms with Gasteiger partial charge in [0.15, 0.2) is 0 Å². The molecule has 0 aliphatic rings. The lowest BCUT2D eigenvalue weighted by Gasteiger charge is -2.23. The summed E-state index contributed by atoms with van der Waals surface area (Å²) in [5.74, 6) is -0.208. The molecule has 0 bridgehead atoms. The Bertz CT molecular complexity index is 897. The van der Waals surface area contributed by atoms with Crippen LogP contribution < -0.4 is 11.1 Å². The first-order valence-corrected chi connectivity index (χ1v) is 22.6. The van der Waals surface area contributed by atoms with Crippen molar-refractivity contribution >= 4 is 13.7 Å². The smallest absolute Gasteiger partial charge is 0.387 e. The fraction of sp³-hybridized carbons (Fsp3) is 0.833. The summed E-state index contributed by atoms with van der Waals surface area (Å²) < 4.78 is 22.1. The number of carbonyl (C=O) groups is 1. The molecule has 0 saturated carbocycles. The Morgan fingerprint density at radius 1 is 0.627 bits per heavy atom. The van der Waals surface area contributed by atoms with Crippen LogP contribution in [-0.2, 0) is 18.4 Å². The molecule has 8 nitrogen and oxygen atoms in total. The summed E-state index contributed by atoms with van der Waals surface area (Å²) in [4.78, 5) is 22.6. The summed E-state index contributed by atoms with van der Waals surface area (Å²) in [6.07, 6.45) is 44.8. The molecule has 51 heavy (non-hydrogen) atoms. The number of phosphoric ester groups is 1. The van der Waals surface area contributed by atoms with Gasteiger partial charge in [-0.05, 0) is 44.9 Å². The third-order valence-corrected chi connectivity index (χ3v) is 10.2. The fourth-order valence-corrected chi connectivity index (χ4v) is 6.75. The molecular weight excluding hydrogens is 659 g/mol. The maximum absolute atomic E-state index is 12.7. The van der Waals surface area contributed by atoms with Gasteiger partial charge in [0.25, 0.3) is 0 Å². The van der Waals surface area contributed by atoms with E-state index in [0.717, 1.165) is 44.9 Å². The summed E-state index contributed by atoms with van der Waals surface area (Å²) in [5, 5.41) is 13.6. The van der Waals surface area contributed by atoms with Crippen molar-refractivity contribution in [2.24, 2.45) is 5.73 Å². The lowest BCUT2D eigenvalue weighted by Crippen LogP contribution is -2.45. The highest BCUT2D eigenvalue weighted by atomic mass is 31.2. The molecule has 0 aliphatic carbocycles. The number of hydrogen-bond donors (Lipinski definition) is 4. The highest BCUT2D eigenvalue weighted by molar-refractivity contribution is 7.47. The number of aliphatic hydroxyl groups is 1. The molecule has 5 N–H and O–H groups in total. The van der Waals surface area contributed by atoms with E-state index in [1.54, 1.807) is 6.08 Å². The number of amides is 1. The Hall–Kier alpha value is -1.28. The summed E-state index contributed by atoms with van der Waals surface area (Å²) in [6, 6.07) is -0.879. The van der Waals surface area contributed by atoms with Crippen molar-refractivity contribution in [1.82, 2.24) is 5.32 Å².